The van der Waals surface area contributed by atoms with Crippen molar-refractivity contribution in [3.05, 3.63) is 486 Å². The van der Waals surface area contributed by atoms with E-state index in [1.165, 1.54) is 111 Å². The molecule has 125 heavy (non-hydrogen) atoms. The van der Waals surface area contributed by atoms with Gasteiger partial charge in [0.15, 0.2) is 0 Å². The fourth-order valence-electron chi connectivity index (χ4n) is 21.2. The molecule has 2 heterocycles. The molecule has 20 aromatic carbocycles. The molecule has 0 aliphatic heterocycles. The third-order valence-corrected chi connectivity index (χ3v) is 26.7. The monoisotopic (exact) mass is 1670 g/mol. The Bertz CT molecular complexity index is 7880. The lowest BCUT2D eigenvalue weighted by Gasteiger charge is -2.32. The summed E-state index contributed by atoms with van der Waals surface area (Å²) < 4.78 is 32.4. The van der Waals surface area contributed by atoms with Gasteiger partial charge in [0, 0.05) is 61.2 Å². The highest BCUT2D eigenvalue weighted by Crippen LogP contribution is 2.67. The molecule has 11 heteroatoms. The molecule has 0 radical (unpaired) electrons. The Balaban J connectivity index is 0.000000116. The number of nitrogens with one attached hydrogen (secondary N) is 1. The summed E-state index contributed by atoms with van der Waals surface area (Å²) in [5.41, 5.74) is 26.7. The number of rotatable bonds is 11. The maximum Gasteiger partial charge on any atom is 0.147 e. The molecule has 0 atom stereocenters. The van der Waals surface area contributed by atoms with E-state index in [9.17, 15) is 4.39 Å². The van der Waals surface area contributed by atoms with Crippen LogP contribution in [0.5, 0.6) is 0 Å². The van der Waals surface area contributed by atoms with Crippen LogP contribution >= 0.6 is 15.9 Å². The lowest BCUT2D eigenvalue weighted by atomic mass is 9.70. The maximum absolute atomic E-state index is 16.8. The van der Waals surface area contributed by atoms with Crippen LogP contribution in [0, 0.1) is 11.6 Å². The van der Waals surface area contributed by atoms with E-state index in [1.54, 1.807) is 49.3 Å². The van der Waals surface area contributed by atoms with Crippen LogP contribution in [0.25, 0.3) is 109 Å². The standard InChI is InChI=1S/C57H35FN4.C31H20FN.C26H16BrN3/c58-48-22-10-11-23-51(48)62(52-24-12-21-47-56(52)41-17-6-9-20-46(41)57(47)44-18-7-4-15-39(44)40-16-5-8-19-45(40)57)50-32-28-37-25-29-42-49(31-27-36-26-30-43(50)55(37)54(36)42)61(38-13-2-1-3-14-38)53-33-34-59-35-60-53;32-27-17-7-8-18-28(27)33-29-19-9-16-26-30(29)22-12-3-6-15-25(22)31(26)23-13-4-1-10-20(23)21-11-2-5-14-24(21)31;27-22-12-8-17-7-11-21-23(13-9-18-6-10-20(22)25(17)26(18)21)30(19-4-2-1-3-5-19)24-14-15-28-16-29-24/h1-35H;1-19,33H;1-16H. The molecule has 0 saturated heterocycles. The average molecular weight is 1670 g/mol. The van der Waals surface area contributed by atoms with Crippen molar-refractivity contribution >= 4 is 143 Å². The van der Waals surface area contributed by atoms with E-state index >= 15 is 4.39 Å². The van der Waals surface area contributed by atoms with E-state index < -0.39 is 5.41 Å². The van der Waals surface area contributed by atoms with Gasteiger partial charge in [-0.3, -0.25) is 9.80 Å². The highest BCUT2D eigenvalue weighted by Gasteiger charge is 2.54. The number of nitrogens with zero attached hydrogens (tertiary/aromatic N) is 7. The van der Waals surface area contributed by atoms with Crippen LogP contribution in [0.3, 0.4) is 0 Å². The highest BCUT2D eigenvalue weighted by molar-refractivity contribution is 9.10. The summed E-state index contributed by atoms with van der Waals surface area (Å²) in [6.45, 7) is 0. The Morgan fingerprint density at radius 2 is 0.584 bits per heavy atom. The van der Waals surface area contributed by atoms with Gasteiger partial charge in [0.2, 0.25) is 0 Å². The molecule has 0 amide bonds. The van der Waals surface area contributed by atoms with E-state index in [4.69, 9.17) is 4.98 Å². The van der Waals surface area contributed by atoms with E-state index in [-0.39, 0.29) is 17.0 Å². The van der Waals surface area contributed by atoms with Crippen LogP contribution in [0.2, 0.25) is 0 Å². The van der Waals surface area contributed by atoms with E-state index in [0.29, 0.717) is 11.4 Å². The van der Waals surface area contributed by atoms with Crippen molar-refractivity contribution in [1.29, 1.82) is 0 Å². The van der Waals surface area contributed by atoms with Crippen LogP contribution in [0.4, 0.5) is 71.6 Å². The molecule has 0 unspecified atom stereocenters. The van der Waals surface area contributed by atoms with Gasteiger partial charge >= 0.3 is 0 Å². The van der Waals surface area contributed by atoms with Crippen LogP contribution in [0.15, 0.2) is 430 Å². The zero-order valence-corrected chi connectivity index (χ0v) is 68.8. The van der Waals surface area contributed by atoms with E-state index in [1.807, 2.05) is 60.7 Å². The number of para-hydroxylation sites is 4. The number of benzene rings is 20. The van der Waals surface area contributed by atoms with Crippen molar-refractivity contribution in [2.24, 2.45) is 0 Å². The summed E-state index contributed by atoms with van der Waals surface area (Å²) >= 11 is 3.73. The second-order valence-corrected chi connectivity index (χ2v) is 33.1. The van der Waals surface area contributed by atoms with Gasteiger partial charge in [-0.15, -0.1) is 0 Å². The maximum atomic E-state index is 16.8. The Hall–Kier alpha value is -15.8. The van der Waals surface area contributed by atoms with Crippen LogP contribution in [-0.2, 0) is 10.8 Å². The summed E-state index contributed by atoms with van der Waals surface area (Å²) in [6.07, 6.45) is 6.75. The van der Waals surface area contributed by atoms with Gasteiger partial charge < -0.3 is 10.2 Å². The van der Waals surface area contributed by atoms with Crippen molar-refractivity contribution in [3.8, 4) is 44.5 Å². The molecule has 26 rings (SSSR count). The number of anilines is 11. The fourth-order valence-corrected chi connectivity index (χ4v) is 21.6. The number of fused-ring (bicyclic) bond motifs is 20. The van der Waals surface area contributed by atoms with Gasteiger partial charge in [0.1, 0.15) is 35.9 Å². The minimum atomic E-state index is -0.538. The van der Waals surface area contributed by atoms with Gasteiger partial charge in [-0.2, -0.15) is 0 Å². The first-order valence-corrected chi connectivity index (χ1v) is 42.8. The topological polar surface area (TPSA) is 73.3 Å². The van der Waals surface area contributed by atoms with Crippen LogP contribution in [-0.4, -0.2) is 19.9 Å². The van der Waals surface area contributed by atoms with Crippen molar-refractivity contribution < 1.29 is 8.78 Å². The normalized spacial score (nSPS) is 12.9. The molecular weight excluding hydrogens is 1600 g/mol. The highest BCUT2D eigenvalue weighted by atomic mass is 79.9. The molecule has 2 spiro atoms. The minimum absolute atomic E-state index is 0.257. The largest absolute Gasteiger partial charge is 0.353 e. The lowest BCUT2D eigenvalue weighted by Crippen LogP contribution is -2.26. The van der Waals surface area contributed by atoms with Crippen molar-refractivity contribution in [1.82, 2.24) is 19.9 Å². The van der Waals surface area contributed by atoms with Crippen molar-refractivity contribution in [2.45, 2.75) is 10.8 Å². The summed E-state index contributed by atoms with van der Waals surface area (Å²) in [5.74, 6) is 1.07. The zero-order valence-electron chi connectivity index (χ0n) is 67.2. The van der Waals surface area contributed by atoms with E-state index in [2.05, 4.69) is 360 Å². The average Bonchev–Trinajstić information content (AvgIpc) is 1.56. The molecule has 4 aliphatic rings. The molecular formula is C114H71BrF2N8. The Kier molecular flexibility index (Phi) is 17.1. The minimum Gasteiger partial charge on any atom is -0.353 e. The number of halogens is 3. The molecule has 4 aliphatic carbocycles. The fraction of sp³-hybridized carbons (Fsp3) is 0.0175. The van der Waals surface area contributed by atoms with Gasteiger partial charge in [-0.25, -0.2) is 28.7 Å². The van der Waals surface area contributed by atoms with Gasteiger partial charge in [-0.1, -0.05) is 319 Å². The number of hydrogen-bond acceptors (Lipinski definition) is 8. The van der Waals surface area contributed by atoms with Crippen LogP contribution < -0.4 is 20.0 Å². The lowest BCUT2D eigenvalue weighted by molar-refractivity contribution is 0.629. The second kappa shape index (κ2) is 29.2. The van der Waals surface area contributed by atoms with Crippen molar-refractivity contribution in [3.63, 3.8) is 0 Å². The molecule has 0 bridgehead atoms. The predicted octanol–water partition coefficient (Wildman–Crippen LogP) is 30.3. The summed E-state index contributed by atoms with van der Waals surface area (Å²) in [5, 5.41) is 17.5. The van der Waals surface area contributed by atoms with Gasteiger partial charge in [0.25, 0.3) is 0 Å². The van der Waals surface area contributed by atoms with Crippen LogP contribution in [0.1, 0.15) is 44.5 Å². The quantitative estimate of drug-likeness (QED) is 0.128. The third-order valence-electron chi connectivity index (χ3n) is 26.0. The first kappa shape index (κ1) is 73.1. The molecule has 0 fully saturated rings. The van der Waals surface area contributed by atoms with Crippen molar-refractivity contribution in [2.75, 3.05) is 20.0 Å². The summed E-state index contributed by atoms with van der Waals surface area (Å²) in [6, 6.07) is 139. The molecule has 2 aromatic heterocycles. The summed E-state index contributed by atoms with van der Waals surface area (Å²) in [7, 11) is 0. The first-order valence-electron chi connectivity index (χ1n) is 42.0. The smallest absolute Gasteiger partial charge is 0.147 e. The predicted molar refractivity (Wildman–Crippen MR) is 512 cm³/mol. The second-order valence-electron chi connectivity index (χ2n) is 32.2. The zero-order chi connectivity index (χ0) is 83.0. The number of aromatic nitrogens is 4. The molecule has 22 aromatic rings. The first-order chi connectivity index (χ1) is 61.8. The van der Waals surface area contributed by atoms with Gasteiger partial charge in [-0.05, 0) is 223 Å². The molecule has 8 nitrogen and oxygen atoms in total. The molecule has 1 N–H and O–H groups in total. The molecule has 0 saturated carbocycles. The summed E-state index contributed by atoms with van der Waals surface area (Å²) in [4.78, 5) is 24.2. The molecule has 588 valence electrons. The third kappa shape index (κ3) is 11.1. The Morgan fingerprint density at radius 1 is 0.248 bits per heavy atom. The van der Waals surface area contributed by atoms with Gasteiger partial charge in [0.05, 0.1) is 45.0 Å². The Morgan fingerprint density at radius 3 is 1.04 bits per heavy atom. The van der Waals surface area contributed by atoms with E-state index in [0.717, 1.165) is 105 Å². The SMILES string of the molecule is Brc1ccc2ccc3c(N(c4ccccc4)c4ccncn4)ccc4ccc1c2c43.Fc1ccccc1N(c1cccc2c1-c1ccccc1C21c2ccccc2-c2ccccc21)c1ccc2ccc3c(N(c4ccccc4)c4ccncn4)ccc4ccc1c2c43.Fc1ccccc1Nc1cccc2c1-c1ccccc1C21c2ccccc2-c2ccccc21. The number of hydrogen-bond donors (Lipinski definition) is 1. The Labute approximate surface area is 728 Å².